The van der Waals surface area contributed by atoms with Gasteiger partial charge in [-0.25, -0.2) is 4.98 Å². The number of aromatic nitrogens is 1. The third-order valence-corrected chi connectivity index (χ3v) is 3.39. The quantitative estimate of drug-likeness (QED) is 0.773. The first-order valence-electron chi connectivity index (χ1n) is 6.62. The van der Waals surface area contributed by atoms with Crippen molar-refractivity contribution >= 4 is 6.29 Å². The monoisotopic (exact) mass is 250 g/mol. The summed E-state index contributed by atoms with van der Waals surface area (Å²) >= 11 is 0. The maximum absolute atomic E-state index is 10.8. The van der Waals surface area contributed by atoms with Crippen LogP contribution in [0.3, 0.4) is 0 Å². The average molecular weight is 250 g/mol. The predicted molar refractivity (Wildman–Crippen MR) is 69.3 cm³/mol. The minimum atomic E-state index is -0.00151. The zero-order chi connectivity index (χ0) is 13.2. The molecule has 1 saturated heterocycles. The van der Waals surface area contributed by atoms with Crippen LogP contribution < -0.4 is 0 Å². The summed E-state index contributed by atoms with van der Waals surface area (Å²) < 4.78 is 5.78. The zero-order valence-electron chi connectivity index (χ0n) is 11.5. The first-order chi connectivity index (χ1) is 8.49. The number of likely N-dealkylation sites (tertiary alicyclic amines) is 1. The van der Waals surface area contributed by atoms with Gasteiger partial charge in [0.15, 0.2) is 0 Å². The SMILES string of the molecule is CC(C)(C)c1cnc(CN2CCCC(C=O)C2)o1. The van der Waals surface area contributed by atoms with Crippen molar-refractivity contribution in [1.82, 2.24) is 9.88 Å². The molecule has 0 amide bonds. The highest BCUT2D eigenvalue weighted by molar-refractivity contribution is 5.53. The van der Waals surface area contributed by atoms with E-state index in [0.29, 0.717) is 6.54 Å². The van der Waals surface area contributed by atoms with Crippen molar-refractivity contribution in [3.05, 3.63) is 17.8 Å². The van der Waals surface area contributed by atoms with E-state index in [2.05, 4.69) is 30.7 Å². The molecule has 1 atom stereocenters. The zero-order valence-corrected chi connectivity index (χ0v) is 11.5. The lowest BCUT2D eigenvalue weighted by atomic mass is 9.94. The topological polar surface area (TPSA) is 46.3 Å². The van der Waals surface area contributed by atoms with Crippen molar-refractivity contribution in [2.45, 2.75) is 45.6 Å². The van der Waals surface area contributed by atoms with Crippen molar-refractivity contribution in [3.63, 3.8) is 0 Å². The van der Waals surface area contributed by atoms with E-state index in [1.807, 2.05) is 6.20 Å². The van der Waals surface area contributed by atoms with Gasteiger partial charge in [0.2, 0.25) is 5.89 Å². The molecule has 1 aliphatic rings. The molecule has 0 spiro atoms. The number of piperidine rings is 1. The first-order valence-corrected chi connectivity index (χ1v) is 6.62. The Balaban J connectivity index is 1.97. The molecule has 0 bridgehead atoms. The van der Waals surface area contributed by atoms with E-state index in [-0.39, 0.29) is 11.3 Å². The summed E-state index contributed by atoms with van der Waals surface area (Å²) in [5.74, 6) is 1.85. The van der Waals surface area contributed by atoms with Gasteiger partial charge in [-0.2, -0.15) is 0 Å². The second-order valence-corrected chi connectivity index (χ2v) is 6.14. The number of carbonyl (C=O) groups is 1. The standard InChI is InChI=1S/C14H22N2O2/c1-14(2,3)12-7-15-13(18-12)9-16-6-4-5-11(8-16)10-17/h7,10-11H,4-6,8-9H2,1-3H3. The van der Waals surface area contributed by atoms with E-state index in [0.717, 1.165) is 43.9 Å². The Bertz CT molecular complexity index is 406. The molecule has 2 heterocycles. The Labute approximate surface area is 108 Å². The van der Waals surface area contributed by atoms with Crippen molar-refractivity contribution in [3.8, 4) is 0 Å². The Hall–Kier alpha value is -1.16. The van der Waals surface area contributed by atoms with Crippen molar-refractivity contribution in [2.75, 3.05) is 13.1 Å². The van der Waals surface area contributed by atoms with Gasteiger partial charge in [0.25, 0.3) is 0 Å². The smallest absolute Gasteiger partial charge is 0.208 e. The van der Waals surface area contributed by atoms with E-state index in [9.17, 15) is 4.79 Å². The highest BCUT2D eigenvalue weighted by Crippen LogP contribution is 2.24. The normalized spacial score (nSPS) is 22.1. The number of aldehydes is 1. The molecule has 0 aliphatic carbocycles. The fraction of sp³-hybridized carbons (Fsp3) is 0.714. The van der Waals surface area contributed by atoms with Crippen LogP contribution in [0.4, 0.5) is 0 Å². The summed E-state index contributed by atoms with van der Waals surface area (Å²) in [6, 6.07) is 0. The van der Waals surface area contributed by atoms with Crippen molar-refractivity contribution < 1.29 is 9.21 Å². The van der Waals surface area contributed by atoms with Crippen LogP contribution in [0.2, 0.25) is 0 Å². The molecule has 0 N–H and O–H groups in total. The summed E-state index contributed by atoms with van der Waals surface area (Å²) in [6.07, 6.45) is 4.98. The van der Waals surface area contributed by atoms with Gasteiger partial charge >= 0.3 is 0 Å². The number of carbonyl (C=O) groups excluding carboxylic acids is 1. The Kier molecular flexibility index (Phi) is 3.85. The van der Waals surface area contributed by atoms with Gasteiger partial charge in [-0.15, -0.1) is 0 Å². The summed E-state index contributed by atoms with van der Waals surface area (Å²) in [6.45, 7) is 8.90. The van der Waals surface area contributed by atoms with Gasteiger partial charge in [-0.3, -0.25) is 4.90 Å². The molecule has 1 aliphatic heterocycles. The molecule has 1 aromatic heterocycles. The summed E-state index contributed by atoms with van der Waals surface area (Å²) in [5.41, 5.74) is -0.00151. The van der Waals surface area contributed by atoms with Crippen LogP contribution in [0.15, 0.2) is 10.6 Å². The highest BCUT2D eigenvalue weighted by Gasteiger charge is 2.23. The molecule has 0 aromatic carbocycles. The Morgan fingerprint density at radius 1 is 1.56 bits per heavy atom. The third-order valence-electron chi connectivity index (χ3n) is 3.39. The molecule has 0 radical (unpaired) electrons. The molecular formula is C14H22N2O2. The van der Waals surface area contributed by atoms with E-state index < -0.39 is 0 Å². The van der Waals surface area contributed by atoms with Gasteiger partial charge in [-0.1, -0.05) is 20.8 Å². The molecule has 2 rings (SSSR count). The van der Waals surface area contributed by atoms with Gasteiger partial charge in [0.05, 0.1) is 12.7 Å². The lowest BCUT2D eigenvalue weighted by Crippen LogP contribution is -2.35. The lowest BCUT2D eigenvalue weighted by molar-refractivity contribution is -0.112. The number of rotatable bonds is 3. The van der Waals surface area contributed by atoms with E-state index in [4.69, 9.17) is 4.42 Å². The van der Waals surface area contributed by atoms with Crippen LogP contribution >= 0.6 is 0 Å². The van der Waals surface area contributed by atoms with Crippen LogP contribution in [0.1, 0.15) is 45.3 Å². The second-order valence-electron chi connectivity index (χ2n) is 6.14. The maximum atomic E-state index is 10.8. The molecule has 1 unspecified atom stereocenters. The van der Waals surface area contributed by atoms with E-state index >= 15 is 0 Å². The second kappa shape index (κ2) is 5.22. The number of nitrogens with zero attached hydrogens (tertiary/aromatic N) is 2. The molecule has 100 valence electrons. The number of hydrogen-bond acceptors (Lipinski definition) is 4. The maximum Gasteiger partial charge on any atom is 0.208 e. The summed E-state index contributed by atoms with van der Waals surface area (Å²) in [7, 11) is 0. The minimum absolute atomic E-state index is 0.00151. The first kappa shape index (κ1) is 13.3. The third kappa shape index (κ3) is 3.19. The number of oxazole rings is 1. The number of hydrogen-bond donors (Lipinski definition) is 0. The molecule has 18 heavy (non-hydrogen) atoms. The summed E-state index contributed by atoms with van der Waals surface area (Å²) in [4.78, 5) is 17.4. The fourth-order valence-electron chi connectivity index (χ4n) is 2.27. The summed E-state index contributed by atoms with van der Waals surface area (Å²) in [5, 5.41) is 0. The van der Waals surface area contributed by atoms with E-state index in [1.165, 1.54) is 0 Å². The lowest BCUT2D eigenvalue weighted by Gasteiger charge is -2.28. The van der Waals surface area contributed by atoms with Crippen molar-refractivity contribution in [1.29, 1.82) is 0 Å². The molecule has 4 nitrogen and oxygen atoms in total. The van der Waals surface area contributed by atoms with Gasteiger partial charge < -0.3 is 9.21 Å². The molecule has 1 aromatic rings. The molecule has 4 heteroatoms. The van der Waals surface area contributed by atoms with Crippen LogP contribution in [0.5, 0.6) is 0 Å². The molecule has 0 saturated carbocycles. The van der Waals surface area contributed by atoms with Crippen LogP contribution in [-0.2, 0) is 16.8 Å². The molecular weight excluding hydrogens is 228 g/mol. The van der Waals surface area contributed by atoms with Gasteiger partial charge in [-0.05, 0) is 19.4 Å². The largest absolute Gasteiger partial charge is 0.444 e. The predicted octanol–water partition coefficient (Wildman–Crippen LogP) is 2.38. The fourth-order valence-corrected chi connectivity index (χ4v) is 2.27. The molecule has 1 fully saturated rings. The Morgan fingerprint density at radius 2 is 2.33 bits per heavy atom. The minimum Gasteiger partial charge on any atom is -0.444 e. The van der Waals surface area contributed by atoms with Crippen molar-refractivity contribution in [2.24, 2.45) is 5.92 Å². The highest BCUT2D eigenvalue weighted by atomic mass is 16.4. The van der Waals surface area contributed by atoms with Crippen LogP contribution in [-0.4, -0.2) is 29.3 Å². The van der Waals surface area contributed by atoms with Gasteiger partial charge in [0, 0.05) is 17.9 Å². The van der Waals surface area contributed by atoms with Gasteiger partial charge in [0.1, 0.15) is 12.0 Å². The van der Waals surface area contributed by atoms with Crippen LogP contribution in [0.25, 0.3) is 0 Å². The van der Waals surface area contributed by atoms with E-state index in [1.54, 1.807) is 0 Å². The average Bonchev–Trinajstić information content (AvgIpc) is 2.77. The van der Waals surface area contributed by atoms with Crippen LogP contribution in [0, 0.1) is 5.92 Å². The Morgan fingerprint density at radius 3 is 2.94 bits per heavy atom.